The highest BCUT2D eigenvalue weighted by Crippen LogP contribution is 2.68. The van der Waals surface area contributed by atoms with Crippen LogP contribution < -0.4 is 0 Å². The molecular formula is C27H48O2. The third-order valence-electron chi connectivity index (χ3n) is 10.7. The zero-order chi connectivity index (χ0) is 21.2. The molecule has 0 radical (unpaired) electrons. The summed E-state index contributed by atoms with van der Waals surface area (Å²) in [4.78, 5) is 0. The summed E-state index contributed by atoms with van der Waals surface area (Å²) in [5, 5.41) is 21.0. The van der Waals surface area contributed by atoms with Crippen molar-refractivity contribution in [2.45, 2.75) is 123 Å². The van der Waals surface area contributed by atoms with Gasteiger partial charge >= 0.3 is 0 Å². The molecule has 4 fully saturated rings. The largest absolute Gasteiger partial charge is 0.390 e. The van der Waals surface area contributed by atoms with Crippen LogP contribution in [0.15, 0.2) is 0 Å². The molecule has 0 bridgehead atoms. The van der Waals surface area contributed by atoms with Gasteiger partial charge in [0.25, 0.3) is 0 Å². The molecule has 0 aromatic heterocycles. The maximum absolute atomic E-state index is 10.8. The van der Waals surface area contributed by atoms with Crippen molar-refractivity contribution in [1.82, 2.24) is 0 Å². The maximum Gasteiger partial charge on any atom is 0.0625 e. The smallest absolute Gasteiger partial charge is 0.0625 e. The summed E-state index contributed by atoms with van der Waals surface area (Å²) in [6.45, 7) is 13.6. The summed E-state index contributed by atoms with van der Waals surface area (Å²) in [5.74, 6) is 5.18. The molecule has 0 aromatic rings. The molecule has 4 aliphatic rings. The monoisotopic (exact) mass is 404 g/mol. The summed E-state index contributed by atoms with van der Waals surface area (Å²) in [5.41, 5.74) is -0.0702. The van der Waals surface area contributed by atoms with E-state index < -0.39 is 11.2 Å². The van der Waals surface area contributed by atoms with Crippen molar-refractivity contribution in [3.05, 3.63) is 0 Å². The molecule has 2 nitrogen and oxygen atoms in total. The molecule has 2 heteroatoms. The molecule has 0 heterocycles. The number of rotatable bonds is 4. The molecule has 0 aromatic carbocycles. The van der Waals surface area contributed by atoms with Crippen molar-refractivity contribution in [1.29, 1.82) is 0 Å². The minimum absolute atomic E-state index is 0.370. The van der Waals surface area contributed by atoms with E-state index in [0.29, 0.717) is 10.8 Å². The summed E-state index contributed by atoms with van der Waals surface area (Å²) < 4.78 is 0. The van der Waals surface area contributed by atoms with Crippen LogP contribution >= 0.6 is 0 Å². The molecule has 4 rings (SSSR count). The van der Waals surface area contributed by atoms with Crippen molar-refractivity contribution in [3.8, 4) is 0 Å². The lowest BCUT2D eigenvalue weighted by Gasteiger charge is -2.61. The predicted molar refractivity (Wildman–Crippen MR) is 121 cm³/mol. The molecule has 29 heavy (non-hydrogen) atoms. The summed E-state index contributed by atoms with van der Waals surface area (Å²) in [7, 11) is 0. The average molecular weight is 405 g/mol. The highest BCUT2D eigenvalue weighted by Gasteiger charge is 2.60. The molecular weight excluding hydrogens is 356 g/mol. The lowest BCUT2D eigenvalue weighted by atomic mass is 9.45. The lowest BCUT2D eigenvalue weighted by Crippen LogP contribution is -2.54. The molecule has 4 aliphatic carbocycles. The number of fused-ring (bicyclic) bond motifs is 5. The number of hydrogen-bond donors (Lipinski definition) is 2. The first-order valence-electron chi connectivity index (χ1n) is 12.8. The van der Waals surface area contributed by atoms with Gasteiger partial charge in [-0.15, -0.1) is 0 Å². The summed E-state index contributed by atoms with van der Waals surface area (Å²) in [6.07, 6.45) is 13.8. The Kier molecular flexibility index (Phi) is 5.51. The van der Waals surface area contributed by atoms with Gasteiger partial charge in [-0.3, -0.25) is 0 Å². The van der Waals surface area contributed by atoms with Crippen molar-refractivity contribution < 1.29 is 10.2 Å². The fourth-order valence-corrected chi connectivity index (χ4v) is 9.39. The quantitative estimate of drug-likeness (QED) is 0.555. The lowest BCUT2D eigenvalue weighted by molar-refractivity contribution is -0.140. The van der Waals surface area contributed by atoms with Crippen molar-refractivity contribution >= 4 is 0 Å². The second-order valence-corrected chi connectivity index (χ2v) is 13.5. The molecule has 0 amide bonds. The second-order valence-electron chi connectivity index (χ2n) is 13.5. The van der Waals surface area contributed by atoms with E-state index in [9.17, 15) is 10.2 Å². The van der Waals surface area contributed by atoms with Gasteiger partial charge in [-0.2, -0.15) is 0 Å². The van der Waals surface area contributed by atoms with E-state index in [1.165, 1.54) is 51.4 Å². The Bertz CT molecular complexity index is 604. The number of hydrogen-bond acceptors (Lipinski definition) is 2. The van der Waals surface area contributed by atoms with E-state index in [4.69, 9.17) is 0 Å². The Morgan fingerprint density at radius 2 is 1.55 bits per heavy atom. The van der Waals surface area contributed by atoms with Crippen molar-refractivity contribution in [2.24, 2.45) is 46.3 Å². The van der Waals surface area contributed by atoms with E-state index in [2.05, 4.69) is 27.7 Å². The molecule has 0 saturated heterocycles. The van der Waals surface area contributed by atoms with E-state index in [0.717, 1.165) is 54.8 Å². The molecule has 9 atom stereocenters. The molecule has 3 unspecified atom stereocenters. The highest BCUT2D eigenvalue weighted by molar-refractivity contribution is 5.09. The first-order chi connectivity index (χ1) is 13.3. The maximum atomic E-state index is 10.8. The average Bonchev–Trinajstić information content (AvgIpc) is 2.94. The van der Waals surface area contributed by atoms with Gasteiger partial charge in [0.1, 0.15) is 0 Å². The van der Waals surface area contributed by atoms with Crippen molar-refractivity contribution in [3.63, 3.8) is 0 Å². The van der Waals surface area contributed by atoms with Gasteiger partial charge in [-0.1, -0.05) is 20.8 Å². The highest BCUT2D eigenvalue weighted by atomic mass is 16.3. The van der Waals surface area contributed by atoms with Crippen LogP contribution in [0.4, 0.5) is 0 Å². The van der Waals surface area contributed by atoms with Crippen LogP contribution in [-0.4, -0.2) is 21.4 Å². The first-order valence-corrected chi connectivity index (χ1v) is 12.8. The predicted octanol–water partition coefficient (Wildman–Crippen LogP) is 6.58. The van der Waals surface area contributed by atoms with Crippen LogP contribution in [-0.2, 0) is 0 Å². The Morgan fingerprint density at radius 1 is 0.897 bits per heavy atom. The summed E-state index contributed by atoms with van der Waals surface area (Å²) in [6, 6.07) is 0. The molecule has 0 spiro atoms. The Labute approximate surface area is 180 Å². The normalized spacial score (nSPS) is 51.1. The van der Waals surface area contributed by atoms with Gasteiger partial charge in [0.05, 0.1) is 11.2 Å². The van der Waals surface area contributed by atoms with Crippen LogP contribution in [0.25, 0.3) is 0 Å². The Balaban J connectivity index is 1.48. The minimum Gasteiger partial charge on any atom is -0.390 e. The van der Waals surface area contributed by atoms with E-state index in [-0.39, 0.29) is 0 Å². The zero-order valence-electron chi connectivity index (χ0n) is 20.1. The Hall–Kier alpha value is -0.0800. The van der Waals surface area contributed by atoms with Crippen LogP contribution in [0.3, 0.4) is 0 Å². The van der Waals surface area contributed by atoms with Crippen LogP contribution in [0.2, 0.25) is 0 Å². The van der Waals surface area contributed by atoms with Crippen LogP contribution in [0.1, 0.15) is 112 Å². The Morgan fingerprint density at radius 3 is 2.24 bits per heavy atom. The van der Waals surface area contributed by atoms with E-state index in [1.807, 2.05) is 13.8 Å². The van der Waals surface area contributed by atoms with Crippen LogP contribution in [0.5, 0.6) is 0 Å². The molecule has 0 aliphatic heterocycles. The van der Waals surface area contributed by atoms with Gasteiger partial charge in [0, 0.05) is 0 Å². The third-order valence-corrected chi connectivity index (χ3v) is 10.7. The van der Waals surface area contributed by atoms with Crippen molar-refractivity contribution in [2.75, 3.05) is 0 Å². The van der Waals surface area contributed by atoms with Crippen LogP contribution in [0, 0.1) is 46.3 Å². The molecule has 168 valence electrons. The van der Waals surface area contributed by atoms with E-state index >= 15 is 0 Å². The molecule has 2 N–H and O–H groups in total. The van der Waals surface area contributed by atoms with Gasteiger partial charge in [-0.05, 0) is 138 Å². The van der Waals surface area contributed by atoms with Gasteiger partial charge in [0.15, 0.2) is 0 Å². The van der Waals surface area contributed by atoms with E-state index in [1.54, 1.807) is 0 Å². The zero-order valence-corrected chi connectivity index (χ0v) is 20.1. The third kappa shape index (κ3) is 3.95. The SMILES string of the molecule is C[C@H](CCC(C)(C)O)[C@H]1CCC2C3CC[C@@]4(C)C[C@@](C)(O)CC[C@@H]4C3CC[C@@]21C. The second kappa shape index (κ2) is 7.22. The number of aliphatic hydroxyl groups is 2. The summed E-state index contributed by atoms with van der Waals surface area (Å²) >= 11 is 0. The molecule has 4 saturated carbocycles. The topological polar surface area (TPSA) is 40.5 Å². The van der Waals surface area contributed by atoms with Gasteiger partial charge in [0.2, 0.25) is 0 Å². The fourth-order valence-electron chi connectivity index (χ4n) is 9.39. The first kappa shape index (κ1) is 22.1. The standard InChI is InChI=1S/C27H48O2/c1-18(9-13-24(2,3)28)21-7-8-23-20-10-14-25(4)17-26(5,29)15-12-22(25)19(20)11-16-27(21,23)6/h18-23,28-29H,7-17H2,1-6H3/t18-,19?,20?,21-,22-,23?,25+,26+,27-/m1/s1. The van der Waals surface area contributed by atoms with Gasteiger partial charge < -0.3 is 10.2 Å². The minimum atomic E-state index is -0.527. The van der Waals surface area contributed by atoms with Gasteiger partial charge in [-0.25, -0.2) is 0 Å². The fraction of sp³-hybridized carbons (Fsp3) is 1.00.